The van der Waals surface area contributed by atoms with Crippen LogP contribution in [-0.2, 0) is 36.5 Å². The van der Waals surface area contributed by atoms with E-state index in [9.17, 15) is 107 Å². The summed E-state index contributed by atoms with van der Waals surface area (Å²) >= 11 is 4.83. The third-order valence-electron chi connectivity index (χ3n) is 12.2. The van der Waals surface area contributed by atoms with E-state index in [1.54, 1.807) is 6.07 Å². The topological polar surface area (TPSA) is 79.1 Å². The van der Waals surface area contributed by atoms with Crippen LogP contribution in [0.15, 0.2) is 124 Å². The molecule has 0 aliphatic rings. The molecule has 6 aromatic rings. The van der Waals surface area contributed by atoms with Crippen molar-refractivity contribution in [2.24, 2.45) is 0 Å². The highest BCUT2D eigenvalue weighted by molar-refractivity contribution is 9.10. The Kier molecular flexibility index (Phi) is 19.4. The summed E-state index contributed by atoms with van der Waals surface area (Å²) in [6, 6.07) is 16.9. The number of alkyl halides is 20. The zero-order valence-electron chi connectivity index (χ0n) is 41.4. The largest absolute Gasteiger partial charge is 0.435 e. The average molecular weight is 1350 g/mol. The summed E-state index contributed by atoms with van der Waals surface area (Å²) in [4.78, 5) is 56.1. The Morgan fingerprint density at radius 2 is 0.774 bits per heavy atom. The minimum Gasteiger partial charge on any atom is -0.309 e. The SMILES string of the molecule is CN(C(=O)c1ccccc1)c1cccc(C(=O)Cc2c(Br)cc(C(F)(C(F)(F)F)C(F)(F)F)cc2C(F)(F)F)c1F.[C-]#[N+]c1ccc(C(=O)N(C)c2cccc(C(=O)Cc3c(Br)cc(C(F)(C(F)(F)F)C(F)(F)F)cc3C(F)(F)F)c2F)cc1. The van der Waals surface area contributed by atoms with Gasteiger partial charge in [-0.15, -0.1) is 0 Å². The van der Waals surface area contributed by atoms with Crippen LogP contribution in [0.5, 0.6) is 0 Å². The maximum Gasteiger partial charge on any atom is 0.435 e. The van der Waals surface area contributed by atoms with Crippen LogP contribution in [-0.4, -0.2) is 62.2 Å². The molecule has 0 fully saturated rings. The predicted octanol–water partition coefficient (Wildman–Crippen LogP) is 17.7. The lowest BCUT2D eigenvalue weighted by atomic mass is 9.89. The molecule has 0 unspecified atom stereocenters. The number of ketones is 2. The fourth-order valence-electron chi connectivity index (χ4n) is 7.88. The highest BCUT2D eigenvalue weighted by atomic mass is 79.9. The molecule has 0 saturated heterocycles. The molecule has 0 bridgehead atoms. The molecule has 0 aliphatic carbocycles. The van der Waals surface area contributed by atoms with Crippen molar-refractivity contribution in [2.45, 2.75) is 61.2 Å². The van der Waals surface area contributed by atoms with Gasteiger partial charge in [-0.1, -0.05) is 86.5 Å². The van der Waals surface area contributed by atoms with Gasteiger partial charge in [0.1, 0.15) is 0 Å². The number of benzene rings is 6. The van der Waals surface area contributed by atoms with Crippen LogP contribution < -0.4 is 9.80 Å². The Morgan fingerprint density at radius 3 is 1.07 bits per heavy atom. The molecule has 0 radical (unpaired) electrons. The molecule has 0 saturated carbocycles. The molecule has 0 heterocycles. The molecule has 84 heavy (non-hydrogen) atoms. The quantitative estimate of drug-likeness (QED) is 0.0695. The zero-order valence-corrected chi connectivity index (χ0v) is 44.6. The summed E-state index contributed by atoms with van der Waals surface area (Å²) in [5.74, 6) is -7.00. The third-order valence-corrected chi connectivity index (χ3v) is 13.6. The maximum atomic E-state index is 15.4. The Bertz CT molecular complexity index is 3510. The number of carbonyl (C=O) groups is 4. The van der Waals surface area contributed by atoms with Gasteiger partial charge in [-0.05, 0) is 71.8 Å². The maximum absolute atomic E-state index is 15.4. The number of halogens is 24. The lowest BCUT2D eigenvalue weighted by Gasteiger charge is -2.31. The summed E-state index contributed by atoms with van der Waals surface area (Å²) in [5, 5.41) is 0. The van der Waals surface area contributed by atoms with Crippen LogP contribution >= 0.6 is 31.9 Å². The van der Waals surface area contributed by atoms with Crippen molar-refractivity contribution in [3.8, 4) is 0 Å². The number of Topliss-reactive ketones (excluding diaryl/α,β-unsaturated/α-hetero) is 2. The van der Waals surface area contributed by atoms with Crippen LogP contribution in [0.4, 0.5) is 114 Å². The van der Waals surface area contributed by atoms with Crippen molar-refractivity contribution in [1.82, 2.24) is 0 Å². The minimum absolute atomic E-state index is 0.00604. The second kappa shape index (κ2) is 24.2. The van der Waals surface area contributed by atoms with Crippen molar-refractivity contribution in [2.75, 3.05) is 23.9 Å². The van der Waals surface area contributed by atoms with Crippen molar-refractivity contribution in [1.29, 1.82) is 0 Å². The van der Waals surface area contributed by atoms with Crippen molar-refractivity contribution in [3.05, 3.63) is 203 Å². The number of hydrogen-bond donors (Lipinski definition) is 0. The van der Waals surface area contributed by atoms with Gasteiger partial charge in [0.05, 0.1) is 40.2 Å². The standard InChI is InChI=1S/C27H14BrF11N2O2.C26H15BrF11NO2/c1-40-15-8-6-13(7-9-15)23(43)41(2)20-5-3-4-16(22(20)29)21(42)12-17-18(25(31,32)33)10-14(11-19(17)28)24(30,26(34,35)36)27(37,38)39;1-39(22(41)13-6-3-2-4-7-13)19-9-5-8-15(21(19)28)20(40)12-16-17(24(30,31)32)10-14(11-18(16)27)23(29,25(33,34)35)26(36,37)38/h3-11H,12H2,2H3;2-11H,12H2,1H3. The summed E-state index contributed by atoms with van der Waals surface area (Å²) < 4.78 is 299. The van der Waals surface area contributed by atoms with E-state index in [2.05, 4.69) is 36.7 Å². The molecule has 7 nitrogen and oxygen atoms in total. The highest BCUT2D eigenvalue weighted by Gasteiger charge is 2.75. The first kappa shape index (κ1) is 67.3. The van der Waals surface area contributed by atoms with E-state index in [-0.39, 0.29) is 28.9 Å². The van der Waals surface area contributed by atoms with Gasteiger partial charge in [0.25, 0.3) is 11.8 Å². The molecule has 6 rings (SSSR count). The molecule has 448 valence electrons. The van der Waals surface area contributed by atoms with Crippen LogP contribution in [0.3, 0.4) is 0 Å². The van der Waals surface area contributed by atoms with E-state index in [1.807, 2.05) is 0 Å². The van der Waals surface area contributed by atoms with Crippen LogP contribution in [0.1, 0.15) is 74.8 Å². The Hall–Kier alpha value is -7.49. The Balaban J connectivity index is 0.000000308. The minimum atomic E-state index is -6.71. The van der Waals surface area contributed by atoms with Crippen molar-refractivity contribution < 1.29 is 116 Å². The van der Waals surface area contributed by atoms with Gasteiger partial charge in [-0.3, -0.25) is 19.2 Å². The molecule has 2 amide bonds. The molecule has 6 aromatic carbocycles. The van der Waals surface area contributed by atoms with E-state index in [1.165, 1.54) is 48.5 Å². The predicted molar refractivity (Wildman–Crippen MR) is 262 cm³/mol. The smallest absolute Gasteiger partial charge is 0.309 e. The van der Waals surface area contributed by atoms with Gasteiger partial charge in [0.2, 0.25) is 0 Å². The normalized spacial score (nSPS) is 12.7. The van der Waals surface area contributed by atoms with Crippen molar-refractivity contribution >= 4 is 72.3 Å². The summed E-state index contributed by atoms with van der Waals surface area (Å²) in [7, 11) is 2.27. The lowest BCUT2D eigenvalue weighted by Crippen LogP contribution is -2.50. The van der Waals surface area contributed by atoms with E-state index in [0.717, 1.165) is 60.3 Å². The van der Waals surface area contributed by atoms with Gasteiger partial charge in [0, 0.05) is 58.1 Å². The lowest BCUT2D eigenvalue weighted by molar-refractivity contribution is -0.349. The first-order valence-corrected chi connectivity index (χ1v) is 24.1. The van der Waals surface area contributed by atoms with E-state index in [0.29, 0.717) is 0 Å². The Labute approximate surface area is 474 Å². The monoisotopic (exact) mass is 1350 g/mol. The van der Waals surface area contributed by atoms with Gasteiger partial charge in [-0.2, -0.15) is 79.0 Å². The van der Waals surface area contributed by atoms with Crippen LogP contribution in [0.25, 0.3) is 4.85 Å². The molecule has 31 heteroatoms. The van der Waals surface area contributed by atoms with E-state index < -0.39 is 173 Å². The second-order valence-electron chi connectivity index (χ2n) is 17.5. The Morgan fingerprint density at radius 1 is 0.452 bits per heavy atom. The number of hydrogen-bond acceptors (Lipinski definition) is 4. The number of anilines is 2. The average Bonchev–Trinajstić information content (AvgIpc) is 1.32. The van der Waals surface area contributed by atoms with Gasteiger partial charge < -0.3 is 9.80 Å². The molecule has 0 spiro atoms. The zero-order chi connectivity index (χ0) is 63.8. The molecular weight excluding hydrogens is 1320 g/mol. The van der Waals surface area contributed by atoms with Crippen molar-refractivity contribution in [3.63, 3.8) is 0 Å². The molecular formula is C53H29Br2F22N3O4. The highest BCUT2D eigenvalue weighted by Crippen LogP contribution is 2.56. The fraction of sp³-hybridized carbons (Fsp3) is 0.226. The molecule has 0 aromatic heterocycles. The summed E-state index contributed by atoms with van der Waals surface area (Å²) in [6.07, 6.45) is -40.9. The number of amides is 2. The second-order valence-corrected chi connectivity index (χ2v) is 19.2. The summed E-state index contributed by atoms with van der Waals surface area (Å²) in [6.45, 7) is 6.94. The number of carbonyl (C=O) groups excluding carboxylic acids is 4. The summed E-state index contributed by atoms with van der Waals surface area (Å²) in [5.41, 5.74) is -26.3. The van der Waals surface area contributed by atoms with Gasteiger partial charge in [-0.25, -0.2) is 22.4 Å². The first-order valence-electron chi connectivity index (χ1n) is 22.5. The van der Waals surface area contributed by atoms with Crippen LogP contribution in [0.2, 0.25) is 0 Å². The number of rotatable bonds is 12. The molecule has 0 aliphatic heterocycles. The fourth-order valence-corrected chi connectivity index (χ4v) is 9.08. The molecule has 0 atom stereocenters. The first-order chi connectivity index (χ1) is 38.4. The third kappa shape index (κ3) is 13.5. The van der Waals surface area contributed by atoms with E-state index in [4.69, 9.17) is 6.57 Å². The van der Waals surface area contributed by atoms with Crippen LogP contribution in [0, 0.1) is 18.2 Å². The van der Waals surface area contributed by atoms with Gasteiger partial charge in [0.15, 0.2) is 28.9 Å². The molecule has 0 N–H and O–H groups in total. The van der Waals surface area contributed by atoms with E-state index >= 15 is 8.78 Å². The number of nitrogens with zero attached hydrogens (tertiary/aromatic N) is 3. The van der Waals surface area contributed by atoms with Gasteiger partial charge >= 0.3 is 48.4 Å².